The molecule has 1 aliphatic heterocycles. The molecule has 2 rings (SSSR count). The van der Waals surface area contributed by atoms with Gasteiger partial charge in [0.1, 0.15) is 6.33 Å². The van der Waals surface area contributed by atoms with Gasteiger partial charge in [-0.05, 0) is 6.92 Å². The Morgan fingerprint density at radius 1 is 1.67 bits per heavy atom. The Labute approximate surface area is 71.2 Å². The lowest BCUT2D eigenvalue weighted by Gasteiger charge is -2.31. The van der Waals surface area contributed by atoms with Gasteiger partial charge >= 0.3 is 0 Å². The molecule has 1 fully saturated rings. The zero-order chi connectivity index (χ0) is 8.39. The standard InChI is InChI=1S/C7H13N5/c1-6-4-12(3-2-8-6)7-9-5-10-11-7/h5-6,8H,2-4H2,1H3,(H,9,10,11)/t6-/m1/s1. The highest BCUT2D eigenvalue weighted by molar-refractivity contribution is 5.28. The van der Waals surface area contributed by atoms with Crippen molar-refractivity contribution in [2.24, 2.45) is 0 Å². The molecule has 0 unspecified atom stereocenters. The van der Waals surface area contributed by atoms with Crippen molar-refractivity contribution < 1.29 is 0 Å². The molecule has 0 saturated carbocycles. The van der Waals surface area contributed by atoms with Crippen LogP contribution < -0.4 is 10.2 Å². The van der Waals surface area contributed by atoms with Gasteiger partial charge in [-0.1, -0.05) is 0 Å². The lowest BCUT2D eigenvalue weighted by atomic mass is 10.2. The third-order valence-corrected chi connectivity index (χ3v) is 2.07. The van der Waals surface area contributed by atoms with Gasteiger partial charge in [0.15, 0.2) is 0 Å². The van der Waals surface area contributed by atoms with Gasteiger partial charge in [0.05, 0.1) is 0 Å². The summed E-state index contributed by atoms with van der Waals surface area (Å²) in [6.45, 7) is 5.18. The SMILES string of the molecule is C[C@@H]1CN(c2ncn[nH]2)CCN1. The molecule has 1 aromatic heterocycles. The number of anilines is 1. The molecular weight excluding hydrogens is 154 g/mol. The molecule has 1 atom stereocenters. The van der Waals surface area contributed by atoms with Crippen LogP contribution in [0, 0.1) is 0 Å². The van der Waals surface area contributed by atoms with Crippen LogP contribution in [0.3, 0.4) is 0 Å². The van der Waals surface area contributed by atoms with Gasteiger partial charge in [0.25, 0.3) is 0 Å². The van der Waals surface area contributed by atoms with Crippen LogP contribution in [-0.2, 0) is 0 Å². The minimum atomic E-state index is 0.531. The number of nitrogens with zero attached hydrogens (tertiary/aromatic N) is 3. The third kappa shape index (κ3) is 1.40. The molecule has 12 heavy (non-hydrogen) atoms. The number of aromatic nitrogens is 3. The van der Waals surface area contributed by atoms with Crippen molar-refractivity contribution in [1.29, 1.82) is 0 Å². The first kappa shape index (κ1) is 7.54. The largest absolute Gasteiger partial charge is 0.338 e. The average Bonchev–Trinajstić information content (AvgIpc) is 2.56. The van der Waals surface area contributed by atoms with E-state index in [1.807, 2.05) is 0 Å². The highest BCUT2D eigenvalue weighted by Gasteiger charge is 2.17. The van der Waals surface area contributed by atoms with Gasteiger partial charge in [-0.2, -0.15) is 10.1 Å². The molecule has 1 aliphatic rings. The number of rotatable bonds is 1. The minimum Gasteiger partial charge on any atom is -0.338 e. The summed E-state index contributed by atoms with van der Waals surface area (Å²) in [7, 11) is 0. The van der Waals surface area contributed by atoms with Crippen LogP contribution in [0.15, 0.2) is 6.33 Å². The van der Waals surface area contributed by atoms with Crippen molar-refractivity contribution in [3.63, 3.8) is 0 Å². The zero-order valence-corrected chi connectivity index (χ0v) is 7.12. The Bertz CT molecular complexity index is 232. The first-order chi connectivity index (χ1) is 5.86. The molecule has 0 bridgehead atoms. The summed E-state index contributed by atoms with van der Waals surface area (Å²) in [5.74, 6) is 0.878. The van der Waals surface area contributed by atoms with Gasteiger partial charge in [0, 0.05) is 25.7 Å². The second-order valence-electron chi connectivity index (χ2n) is 3.11. The predicted molar refractivity (Wildman–Crippen MR) is 46.1 cm³/mol. The van der Waals surface area contributed by atoms with E-state index in [-0.39, 0.29) is 0 Å². The molecule has 1 saturated heterocycles. The Morgan fingerprint density at radius 2 is 2.58 bits per heavy atom. The smallest absolute Gasteiger partial charge is 0.221 e. The number of hydrogen-bond donors (Lipinski definition) is 2. The first-order valence-corrected chi connectivity index (χ1v) is 4.20. The maximum absolute atomic E-state index is 4.11. The molecule has 0 spiro atoms. The molecule has 2 heterocycles. The van der Waals surface area contributed by atoms with E-state index in [1.54, 1.807) is 6.33 Å². The summed E-state index contributed by atoms with van der Waals surface area (Å²) in [5, 5.41) is 10.1. The van der Waals surface area contributed by atoms with Crippen LogP contribution in [0.2, 0.25) is 0 Å². The van der Waals surface area contributed by atoms with Crippen molar-refractivity contribution in [3.05, 3.63) is 6.33 Å². The maximum atomic E-state index is 4.11. The minimum absolute atomic E-state index is 0.531. The fourth-order valence-corrected chi connectivity index (χ4v) is 1.48. The maximum Gasteiger partial charge on any atom is 0.221 e. The van der Waals surface area contributed by atoms with Gasteiger partial charge in [-0.3, -0.25) is 0 Å². The number of hydrogen-bond acceptors (Lipinski definition) is 4. The highest BCUT2D eigenvalue weighted by atomic mass is 15.4. The van der Waals surface area contributed by atoms with E-state index in [9.17, 15) is 0 Å². The molecule has 0 amide bonds. The molecule has 0 aliphatic carbocycles. The van der Waals surface area contributed by atoms with Crippen molar-refractivity contribution in [2.45, 2.75) is 13.0 Å². The van der Waals surface area contributed by atoms with Crippen LogP contribution in [0.5, 0.6) is 0 Å². The molecule has 5 nitrogen and oxygen atoms in total. The summed E-state index contributed by atoms with van der Waals surface area (Å²) < 4.78 is 0. The fraction of sp³-hybridized carbons (Fsp3) is 0.714. The van der Waals surface area contributed by atoms with E-state index < -0.39 is 0 Å². The van der Waals surface area contributed by atoms with Crippen LogP contribution >= 0.6 is 0 Å². The number of piperazine rings is 1. The topological polar surface area (TPSA) is 56.8 Å². The van der Waals surface area contributed by atoms with Gasteiger partial charge in [0.2, 0.25) is 5.95 Å². The molecule has 5 heteroatoms. The quantitative estimate of drug-likeness (QED) is 0.597. The van der Waals surface area contributed by atoms with Crippen molar-refractivity contribution in [3.8, 4) is 0 Å². The monoisotopic (exact) mass is 167 g/mol. The van der Waals surface area contributed by atoms with Crippen LogP contribution in [0.4, 0.5) is 5.95 Å². The normalized spacial score (nSPS) is 24.4. The lowest BCUT2D eigenvalue weighted by Crippen LogP contribution is -2.49. The van der Waals surface area contributed by atoms with Crippen LogP contribution in [0.1, 0.15) is 6.92 Å². The zero-order valence-electron chi connectivity index (χ0n) is 7.12. The summed E-state index contributed by atoms with van der Waals surface area (Å²) in [6, 6.07) is 0.531. The predicted octanol–water partition coefficient (Wildman–Crippen LogP) is -0.397. The molecule has 2 N–H and O–H groups in total. The summed E-state index contributed by atoms with van der Waals surface area (Å²) in [5.41, 5.74) is 0. The van der Waals surface area contributed by atoms with Crippen LogP contribution in [0.25, 0.3) is 0 Å². The van der Waals surface area contributed by atoms with E-state index in [2.05, 4.69) is 32.3 Å². The Hall–Kier alpha value is -1.10. The molecule has 0 aromatic carbocycles. The van der Waals surface area contributed by atoms with Crippen molar-refractivity contribution in [2.75, 3.05) is 24.5 Å². The molecule has 1 aromatic rings. The number of nitrogens with one attached hydrogen (secondary N) is 2. The van der Waals surface area contributed by atoms with Crippen molar-refractivity contribution in [1.82, 2.24) is 20.5 Å². The second-order valence-corrected chi connectivity index (χ2v) is 3.11. The average molecular weight is 167 g/mol. The van der Waals surface area contributed by atoms with E-state index in [4.69, 9.17) is 0 Å². The van der Waals surface area contributed by atoms with E-state index in [0.29, 0.717) is 6.04 Å². The summed E-state index contributed by atoms with van der Waals surface area (Å²) in [6.07, 6.45) is 1.54. The summed E-state index contributed by atoms with van der Waals surface area (Å²) >= 11 is 0. The Kier molecular flexibility index (Phi) is 1.95. The van der Waals surface area contributed by atoms with Gasteiger partial charge in [-0.15, -0.1) is 0 Å². The number of H-pyrrole nitrogens is 1. The number of aromatic amines is 1. The van der Waals surface area contributed by atoms with E-state index in [1.165, 1.54) is 0 Å². The fourth-order valence-electron chi connectivity index (χ4n) is 1.48. The molecule has 0 radical (unpaired) electrons. The van der Waals surface area contributed by atoms with E-state index >= 15 is 0 Å². The van der Waals surface area contributed by atoms with Crippen molar-refractivity contribution >= 4 is 5.95 Å². The van der Waals surface area contributed by atoms with Crippen LogP contribution in [-0.4, -0.2) is 40.9 Å². The first-order valence-electron chi connectivity index (χ1n) is 4.20. The lowest BCUT2D eigenvalue weighted by molar-refractivity contribution is 0.480. The van der Waals surface area contributed by atoms with Gasteiger partial charge in [-0.25, -0.2) is 5.10 Å². The second kappa shape index (κ2) is 3.10. The Morgan fingerprint density at radius 3 is 3.25 bits per heavy atom. The van der Waals surface area contributed by atoms with E-state index in [0.717, 1.165) is 25.6 Å². The molecular formula is C7H13N5. The summed E-state index contributed by atoms with van der Waals surface area (Å²) in [4.78, 5) is 6.31. The Balaban J connectivity index is 2.04. The highest BCUT2D eigenvalue weighted by Crippen LogP contribution is 2.07. The third-order valence-electron chi connectivity index (χ3n) is 2.07. The van der Waals surface area contributed by atoms with Gasteiger partial charge < -0.3 is 10.2 Å². The molecule has 66 valence electrons.